The molecule has 1 aromatic heterocycles. The molecular weight excluding hydrogens is 491 g/mol. The third kappa shape index (κ3) is 5.21. The number of nitrogens with zero attached hydrogens (tertiary/aromatic N) is 3. The average Bonchev–Trinajstić information content (AvgIpc) is 3.31. The molecule has 0 radical (unpaired) electrons. The Morgan fingerprint density at radius 1 is 1.32 bits per heavy atom. The maximum absolute atomic E-state index is 12.3. The van der Waals surface area contributed by atoms with E-state index in [2.05, 4.69) is 15.1 Å². The third-order valence-corrected chi connectivity index (χ3v) is 8.08. The van der Waals surface area contributed by atoms with Gasteiger partial charge in [-0.2, -0.15) is 0 Å². The number of aliphatic imine (C=N–C) groups is 1. The molecule has 3 heterocycles. The van der Waals surface area contributed by atoms with Crippen LogP contribution in [0.4, 0.5) is 0 Å². The Bertz CT molecular complexity index is 743. The van der Waals surface area contributed by atoms with Gasteiger partial charge in [0.05, 0.1) is 29.3 Å². The number of rotatable bonds is 5. The lowest BCUT2D eigenvalue weighted by Crippen LogP contribution is -2.57. The first-order valence-corrected chi connectivity index (χ1v) is 11.5. The van der Waals surface area contributed by atoms with Crippen molar-refractivity contribution in [1.29, 1.82) is 0 Å². The Balaban J connectivity index is 0.00000280. The van der Waals surface area contributed by atoms with E-state index >= 15 is 0 Å². The summed E-state index contributed by atoms with van der Waals surface area (Å²) in [5.74, 6) is 1.90. The van der Waals surface area contributed by atoms with Gasteiger partial charge in [-0.25, -0.2) is 8.42 Å². The fourth-order valence-electron chi connectivity index (χ4n) is 3.84. The van der Waals surface area contributed by atoms with Crippen LogP contribution in [0.1, 0.15) is 45.4 Å². The predicted molar refractivity (Wildman–Crippen MR) is 123 cm³/mol. The SMILES string of the molecule is CCNC(=NCC(c1ccco1)N1CCCC1)N1CCS(=O)(=O)C(C)(C)C1.I. The summed E-state index contributed by atoms with van der Waals surface area (Å²) in [5.41, 5.74) is 0. The van der Waals surface area contributed by atoms with Gasteiger partial charge in [0.1, 0.15) is 5.76 Å². The molecule has 7 nitrogen and oxygen atoms in total. The molecular formula is C19H33IN4O3S. The summed E-state index contributed by atoms with van der Waals surface area (Å²) < 4.78 is 29.6. The van der Waals surface area contributed by atoms with Gasteiger partial charge in [0.15, 0.2) is 15.8 Å². The molecule has 0 aliphatic carbocycles. The zero-order chi connectivity index (χ0) is 19.5. The van der Waals surface area contributed by atoms with E-state index in [0.29, 0.717) is 19.6 Å². The van der Waals surface area contributed by atoms with Crippen LogP contribution in [-0.4, -0.2) is 73.9 Å². The molecule has 2 fully saturated rings. The van der Waals surface area contributed by atoms with E-state index in [1.54, 1.807) is 20.1 Å². The fraction of sp³-hybridized carbons (Fsp3) is 0.737. The molecule has 9 heteroatoms. The Morgan fingerprint density at radius 2 is 2.04 bits per heavy atom. The van der Waals surface area contributed by atoms with Crippen molar-refractivity contribution >= 4 is 39.8 Å². The number of halogens is 1. The summed E-state index contributed by atoms with van der Waals surface area (Å²) >= 11 is 0. The molecule has 1 aromatic rings. The van der Waals surface area contributed by atoms with E-state index in [1.165, 1.54) is 12.8 Å². The van der Waals surface area contributed by atoms with Crippen molar-refractivity contribution in [2.24, 2.45) is 4.99 Å². The highest BCUT2D eigenvalue weighted by molar-refractivity contribution is 14.0. The molecule has 1 unspecified atom stereocenters. The first-order valence-electron chi connectivity index (χ1n) is 9.87. The molecule has 28 heavy (non-hydrogen) atoms. The highest BCUT2D eigenvalue weighted by Crippen LogP contribution is 2.27. The van der Waals surface area contributed by atoms with Crippen LogP contribution in [0.2, 0.25) is 0 Å². The number of furan rings is 1. The van der Waals surface area contributed by atoms with E-state index in [0.717, 1.165) is 31.4 Å². The van der Waals surface area contributed by atoms with Crippen molar-refractivity contribution in [3.8, 4) is 0 Å². The summed E-state index contributed by atoms with van der Waals surface area (Å²) in [5, 5.41) is 3.34. The summed E-state index contributed by atoms with van der Waals surface area (Å²) in [7, 11) is -3.07. The molecule has 0 bridgehead atoms. The number of sulfone groups is 1. The van der Waals surface area contributed by atoms with Gasteiger partial charge in [0.25, 0.3) is 0 Å². The highest BCUT2D eigenvalue weighted by atomic mass is 127. The van der Waals surface area contributed by atoms with Crippen LogP contribution in [0.15, 0.2) is 27.8 Å². The lowest BCUT2D eigenvalue weighted by molar-refractivity contribution is 0.220. The summed E-state index contributed by atoms with van der Waals surface area (Å²) in [6.07, 6.45) is 4.13. The van der Waals surface area contributed by atoms with Crippen LogP contribution in [0.5, 0.6) is 0 Å². The summed E-state index contributed by atoms with van der Waals surface area (Å²) in [4.78, 5) is 9.39. The Labute approximate surface area is 185 Å². The number of guanidine groups is 1. The minimum Gasteiger partial charge on any atom is -0.468 e. The van der Waals surface area contributed by atoms with Crippen LogP contribution in [0.3, 0.4) is 0 Å². The van der Waals surface area contributed by atoms with Gasteiger partial charge >= 0.3 is 0 Å². The lowest BCUT2D eigenvalue weighted by Gasteiger charge is -2.39. The van der Waals surface area contributed by atoms with Gasteiger partial charge in [0.2, 0.25) is 0 Å². The number of hydrogen-bond donors (Lipinski definition) is 1. The lowest BCUT2D eigenvalue weighted by atomic mass is 10.2. The molecule has 160 valence electrons. The maximum atomic E-state index is 12.3. The van der Waals surface area contributed by atoms with Crippen molar-refractivity contribution < 1.29 is 12.8 Å². The fourth-order valence-corrected chi connectivity index (χ4v) is 5.21. The van der Waals surface area contributed by atoms with Gasteiger partial charge in [-0.3, -0.25) is 9.89 Å². The molecule has 2 saturated heterocycles. The zero-order valence-electron chi connectivity index (χ0n) is 17.1. The Hall–Kier alpha value is -0.810. The van der Waals surface area contributed by atoms with Crippen LogP contribution in [-0.2, 0) is 9.84 Å². The predicted octanol–water partition coefficient (Wildman–Crippen LogP) is 2.51. The van der Waals surface area contributed by atoms with E-state index in [-0.39, 0.29) is 35.8 Å². The van der Waals surface area contributed by atoms with Crippen LogP contribution in [0.25, 0.3) is 0 Å². The van der Waals surface area contributed by atoms with Gasteiger partial charge < -0.3 is 14.6 Å². The van der Waals surface area contributed by atoms with Gasteiger partial charge in [-0.15, -0.1) is 24.0 Å². The van der Waals surface area contributed by atoms with E-state index in [4.69, 9.17) is 9.41 Å². The minimum atomic E-state index is -3.07. The Morgan fingerprint density at radius 3 is 2.61 bits per heavy atom. The monoisotopic (exact) mass is 524 g/mol. The second kappa shape index (κ2) is 9.80. The normalized spacial score (nSPS) is 23.2. The largest absolute Gasteiger partial charge is 0.468 e. The number of hydrogen-bond acceptors (Lipinski definition) is 5. The van der Waals surface area contributed by atoms with Crippen molar-refractivity contribution in [3.63, 3.8) is 0 Å². The zero-order valence-corrected chi connectivity index (χ0v) is 20.2. The van der Waals surface area contributed by atoms with Gasteiger partial charge in [-0.05, 0) is 58.8 Å². The molecule has 1 atom stereocenters. The number of nitrogens with one attached hydrogen (secondary N) is 1. The quantitative estimate of drug-likeness (QED) is 0.363. The Kier molecular flexibility index (Phi) is 8.21. The summed E-state index contributed by atoms with van der Waals surface area (Å²) in [6, 6.07) is 4.06. The first-order chi connectivity index (χ1) is 12.8. The van der Waals surface area contributed by atoms with Crippen molar-refractivity contribution in [3.05, 3.63) is 24.2 Å². The summed E-state index contributed by atoms with van der Waals surface area (Å²) in [6.45, 7) is 10.0. The molecule has 1 N–H and O–H groups in total. The van der Waals surface area contributed by atoms with E-state index < -0.39 is 14.6 Å². The molecule has 0 spiro atoms. The second-order valence-electron chi connectivity index (χ2n) is 7.97. The molecule has 0 amide bonds. The van der Waals surface area contributed by atoms with E-state index in [9.17, 15) is 8.42 Å². The van der Waals surface area contributed by atoms with Crippen LogP contribution >= 0.6 is 24.0 Å². The molecule has 0 saturated carbocycles. The second-order valence-corrected chi connectivity index (χ2v) is 10.7. The maximum Gasteiger partial charge on any atom is 0.194 e. The molecule has 3 rings (SSSR count). The van der Waals surface area contributed by atoms with Gasteiger partial charge in [-0.1, -0.05) is 0 Å². The van der Waals surface area contributed by atoms with Crippen LogP contribution < -0.4 is 5.32 Å². The minimum absolute atomic E-state index is 0. The molecule has 0 aromatic carbocycles. The number of likely N-dealkylation sites (tertiary alicyclic amines) is 1. The standard InChI is InChI=1S/C19H32N4O3S.HI/c1-4-20-18(23-11-13-27(24,25)19(2,3)15-23)21-14-16(17-8-7-12-26-17)22-9-5-6-10-22;/h7-8,12,16H,4-6,9-11,13-15H2,1-3H3,(H,20,21);1H. The smallest absolute Gasteiger partial charge is 0.194 e. The van der Waals surface area contributed by atoms with Crippen molar-refractivity contribution in [1.82, 2.24) is 15.1 Å². The average molecular weight is 524 g/mol. The van der Waals surface area contributed by atoms with Crippen LogP contribution in [0, 0.1) is 0 Å². The van der Waals surface area contributed by atoms with Gasteiger partial charge in [0, 0.05) is 19.6 Å². The molecule has 2 aliphatic heterocycles. The highest BCUT2D eigenvalue weighted by Gasteiger charge is 2.41. The topological polar surface area (TPSA) is 78.2 Å². The third-order valence-electron chi connectivity index (χ3n) is 5.54. The molecule has 2 aliphatic rings. The van der Waals surface area contributed by atoms with E-state index in [1.807, 2.05) is 19.1 Å². The van der Waals surface area contributed by atoms with Crippen molar-refractivity contribution in [2.45, 2.75) is 44.4 Å². The van der Waals surface area contributed by atoms with Crippen molar-refractivity contribution in [2.75, 3.05) is 45.0 Å². The first kappa shape index (κ1) is 23.5.